The molecule has 0 unspecified atom stereocenters. The number of ether oxygens (including phenoxy) is 5. The molecule has 25 nitrogen and oxygen atoms in total. The number of aliphatic carboxylic acids is 1. The Bertz CT molecular complexity index is 1880. The van der Waals surface area contributed by atoms with E-state index in [4.69, 9.17) is 35.2 Å². The average molecular weight is 950 g/mol. The number of aliphatic hydroxyl groups excluding tert-OH is 6. The first-order chi connectivity index (χ1) is 30.3. The lowest BCUT2D eigenvalue weighted by Crippen LogP contribution is -2.70. The Hall–Kier alpha value is -3.62. The molecule has 3 saturated heterocycles. The quantitative estimate of drug-likeness (QED) is 0.0685. The fourth-order valence-corrected chi connectivity index (χ4v) is 10.2. The zero-order valence-electron chi connectivity index (χ0n) is 34.5. The maximum absolute atomic E-state index is 13.0. The minimum Gasteiger partial charge on any atom is -0.477 e. The summed E-state index contributed by atoms with van der Waals surface area (Å²) in [4.78, 5) is 65.2. The SMILES string of the molecule is CN[C@@H]1[C@@H](O)[C@@H](O[C@@H]2[C@@H](O)[C@H](O[C@H]3O[C@H](CNC(=O)OCC4=C(C(=O)O)N5C(=O)[C@@H](NC(=O)Cc6cccs6)[C@H]5SC4)[C@@H](O)[C@H](O)[C@H]3O)[C@@H](N)C[C@H]2NC(=O)[C@@H](O)CN)OC[C@]1(C)O. The molecule has 1 saturated carbocycles. The van der Waals surface area contributed by atoms with Gasteiger partial charge in [-0.3, -0.25) is 19.3 Å². The van der Waals surface area contributed by atoms with E-state index in [0.717, 1.165) is 9.78 Å². The zero-order valence-corrected chi connectivity index (χ0v) is 36.1. The van der Waals surface area contributed by atoms with E-state index in [1.54, 1.807) is 12.1 Å². The van der Waals surface area contributed by atoms with Crippen LogP contribution in [0.3, 0.4) is 0 Å². The number of thioether (sulfide) groups is 1. The Morgan fingerprint density at radius 2 is 1.75 bits per heavy atom. The molecule has 358 valence electrons. The summed E-state index contributed by atoms with van der Waals surface area (Å²) in [5, 5.41) is 97.3. The number of hydrogen-bond donors (Lipinski definition) is 14. The highest BCUT2D eigenvalue weighted by Crippen LogP contribution is 2.40. The normalized spacial score (nSPS) is 38.1. The molecule has 0 aromatic carbocycles. The number of fused-ring (bicyclic) bond motifs is 1. The van der Waals surface area contributed by atoms with Crippen LogP contribution < -0.4 is 32.7 Å². The first kappa shape index (κ1) is 49.8. The van der Waals surface area contributed by atoms with Crippen LogP contribution in [-0.2, 0) is 49.3 Å². The van der Waals surface area contributed by atoms with E-state index in [2.05, 4.69) is 21.3 Å². The number of rotatable bonds is 16. The van der Waals surface area contributed by atoms with Crippen molar-refractivity contribution in [2.45, 2.75) is 122 Å². The molecule has 6 rings (SSSR count). The van der Waals surface area contributed by atoms with Gasteiger partial charge in [0.25, 0.3) is 5.91 Å². The van der Waals surface area contributed by atoms with Gasteiger partial charge in [-0.05, 0) is 31.8 Å². The first-order valence-corrected chi connectivity index (χ1v) is 22.1. The molecule has 4 aliphatic heterocycles. The van der Waals surface area contributed by atoms with Crippen molar-refractivity contribution in [1.82, 2.24) is 26.2 Å². The van der Waals surface area contributed by atoms with Crippen LogP contribution in [0.5, 0.6) is 0 Å². The van der Waals surface area contributed by atoms with E-state index in [-0.39, 0.29) is 30.8 Å². The van der Waals surface area contributed by atoms with E-state index < -0.39 is 158 Å². The number of hydrogen-bond acceptors (Lipinski definition) is 22. The summed E-state index contributed by atoms with van der Waals surface area (Å²) in [6, 6.07) is -0.704. The number of thiophene rings is 1. The molecule has 5 aliphatic rings. The molecule has 16 N–H and O–H groups in total. The third-order valence-electron chi connectivity index (χ3n) is 11.6. The van der Waals surface area contributed by atoms with E-state index in [1.807, 2.05) is 5.38 Å². The van der Waals surface area contributed by atoms with Gasteiger partial charge in [0.15, 0.2) is 12.6 Å². The molecule has 1 aromatic heterocycles. The second kappa shape index (κ2) is 20.9. The second-order valence-electron chi connectivity index (χ2n) is 16.2. The molecule has 1 aliphatic carbocycles. The lowest BCUT2D eigenvalue weighted by Gasteiger charge is -2.49. The molecule has 0 bridgehead atoms. The van der Waals surface area contributed by atoms with Crippen LogP contribution in [0.2, 0.25) is 0 Å². The molecular weight excluding hydrogens is 895 g/mol. The zero-order chi connectivity index (χ0) is 46.8. The number of nitrogens with one attached hydrogen (secondary N) is 4. The van der Waals surface area contributed by atoms with Gasteiger partial charge in [-0.25, -0.2) is 9.59 Å². The maximum atomic E-state index is 13.0. The van der Waals surface area contributed by atoms with Crippen molar-refractivity contribution in [1.29, 1.82) is 0 Å². The number of β-lactam (4-membered cyclic amide) rings is 1. The molecule has 1 aromatic rings. The molecular formula is C37H55N7O18S2. The standard InChI is InChI=1S/C37H55N7O18S2/c1-37(57)12-59-34(26(51)29(37)40-2)62-28-16(42-30(52)17(45)8-38)7-15(39)27(25(28)50)61-35-24(49)23(48)22(47)18(60-35)9-41-36(56)58-10-13-11-64-32-20(31(53)44(32)21(13)33(54)55)43-19(46)6-14-4-3-5-63-14/h3-5,15-18,20,22-29,32,34-35,40,45,47-51,57H,6-12,38-39H2,1-2H3,(H,41,56)(H,42,52)(H,43,46)(H,54,55)/t15-,16+,17-,18+,20+,22+,23-,24+,25-,26+,27+,28-,29+,32+,34+,35+,37-/m0/s1. The summed E-state index contributed by atoms with van der Waals surface area (Å²) in [6.07, 6.45) is -19.8. The highest BCUT2D eigenvalue weighted by atomic mass is 32.2. The molecule has 17 atom stereocenters. The number of nitrogens with zero attached hydrogens (tertiary/aromatic N) is 1. The number of nitrogens with two attached hydrogens (primary N) is 2. The van der Waals surface area contributed by atoms with Crippen LogP contribution in [0, 0.1) is 0 Å². The van der Waals surface area contributed by atoms with Crippen molar-refractivity contribution in [3.8, 4) is 0 Å². The lowest BCUT2D eigenvalue weighted by atomic mass is 9.83. The average Bonchev–Trinajstić information content (AvgIpc) is 3.77. The van der Waals surface area contributed by atoms with Crippen LogP contribution in [0.1, 0.15) is 18.2 Å². The first-order valence-electron chi connectivity index (χ1n) is 20.2. The van der Waals surface area contributed by atoms with Crippen molar-refractivity contribution >= 4 is 52.9 Å². The summed E-state index contributed by atoms with van der Waals surface area (Å²) in [5.41, 5.74) is 9.98. The molecule has 0 radical (unpaired) electrons. The molecule has 4 amide bonds. The topological polar surface area (TPSA) is 397 Å². The number of carboxylic acid groups (broad SMARTS) is 1. The number of carbonyl (C=O) groups excluding carboxylic acids is 4. The molecule has 64 heavy (non-hydrogen) atoms. The molecule has 0 spiro atoms. The largest absolute Gasteiger partial charge is 0.477 e. The summed E-state index contributed by atoms with van der Waals surface area (Å²) in [7, 11) is 1.48. The fraction of sp³-hybridized carbons (Fsp3) is 0.703. The monoisotopic (exact) mass is 949 g/mol. The van der Waals surface area contributed by atoms with Gasteiger partial charge in [0.05, 0.1) is 25.1 Å². The van der Waals surface area contributed by atoms with Gasteiger partial charge in [0, 0.05) is 35.3 Å². The van der Waals surface area contributed by atoms with Crippen LogP contribution in [0.15, 0.2) is 28.8 Å². The van der Waals surface area contributed by atoms with Crippen molar-refractivity contribution in [2.75, 3.05) is 39.1 Å². The number of likely N-dealkylation sites (N-methyl/N-ethyl adjacent to an activating group) is 1. The summed E-state index contributed by atoms with van der Waals surface area (Å²) in [6.45, 7) is -0.494. The fourth-order valence-electron chi connectivity index (χ4n) is 8.17. The summed E-state index contributed by atoms with van der Waals surface area (Å²) in [5.74, 6) is -3.41. The van der Waals surface area contributed by atoms with Crippen LogP contribution in [0.25, 0.3) is 0 Å². The van der Waals surface area contributed by atoms with Crippen molar-refractivity contribution in [3.05, 3.63) is 33.7 Å². The minimum absolute atomic E-state index is 0.0326. The molecule has 4 fully saturated rings. The lowest BCUT2D eigenvalue weighted by molar-refractivity contribution is -0.330. The highest BCUT2D eigenvalue weighted by Gasteiger charge is 2.55. The minimum atomic E-state index is -1.96. The predicted molar refractivity (Wildman–Crippen MR) is 218 cm³/mol. The van der Waals surface area contributed by atoms with Gasteiger partial charge < -0.3 is 97.3 Å². The molecule has 5 heterocycles. The van der Waals surface area contributed by atoms with Crippen molar-refractivity contribution < 1.29 is 88.5 Å². The van der Waals surface area contributed by atoms with Crippen LogP contribution in [-0.4, -0.2) is 217 Å². The predicted octanol–water partition coefficient (Wildman–Crippen LogP) is -6.71. The van der Waals surface area contributed by atoms with Gasteiger partial charge in [-0.15, -0.1) is 23.1 Å². The van der Waals surface area contributed by atoms with Crippen LogP contribution in [0.4, 0.5) is 4.79 Å². The smallest absolute Gasteiger partial charge is 0.407 e. The Kier molecular flexibility index (Phi) is 16.3. The van der Waals surface area contributed by atoms with Crippen molar-refractivity contribution in [3.63, 3.8) is 0 Å². The maximum Gasteiger partial charge on any atom is 0.407 e. The van der Waals surface area contributed by atoms with Gasteiger partial charge >= 0.3 is 12.1 Å². The number of amides is 4. The second-order valence-corrected chi connectivity index (χ2v) is 18.3. The third-order valence-corrected chi connectivity index (χ3v) is 13.8. The number of carboxylic acids is 1. The van der Waals surface area contributed by atoms with Gasteiger partial charge in [-0.2, -0.15) is 0 Å². The third kappa shape index (κ3) is 10.6. The Morgan fingerprint density at radius 3 is 2.41 bits per heavy atom. The van der Waals surface area contributed by atoms with Crippen LogP contribution >= 0.6 is 23.1 Å². The van der Waals surface area contributed by atoms with Gasteiger partial charge in [0.2, 0.25) is 11.8 Å². The highest BCUT2D eigenvalue weighted by molar-refractivity contribution is 8.00. The number of carbonyl (C=O) groups is 5. The Balaban J connectivity index is 1.07. The summed E-state index contributed by atoms with van der Waals surface area (Å²) < 4.78 is 28.5. The van der Waals surface area contributed by atoms with E-state index in [9.17, 15) is 64.8 Å². The van der Waals surface area contributed by atoms with Crippen molar-refractivity contribution in [2.24, 2.45) is 11.5 Å². The van der Waals surface area contributed by atoms with Gasteiger partial charge in [-0.1, -0.05) is 6.07 Å². The van der Waals surface area contributed by atoms with E-state index in [0.29, 0.717) is 0 Å². The summed E-state index contributed by atoms with van der Waals surface area (Å²) >= 11 is 2.54. The van der Waals surface area contributed by atoms with E-state index >= 15 is 0 Å². The van der Waals surface area contributed by atoms with Gasteiger partial charge in [0.1, 0.15) is 84.3 Å². The number of aliphatic hydroxyl groups is 7. The van der Waals surface area contributed by atoms with E-state index in [1.165, 1.54) is 37.1 Å². The molecule has 27 heteroatoms. The Labute approximate surface area is 373 Å². The Morgan fingerprint density at radius 1 is 1.03 bits per heavy atom. The number of alkyl carbamates (subject to hydrolysis) is 1.